The Balaban J connectivity index is 1.49. The van der Waals surface area contributed by atoms with Gasteiger partial charge in [-0.1, -0.05) is 37.3 Å². The second-order valence-electron chi connectivity index (χ2n) is 10.7. The number of benzene rings is 2. The molecule has 164 valence electrons. The third-order valence-corrected chi connectivity index (χ3v) is 9.04. The van der Waals surface area contributed by atoms with Gasteiger partial charge in [0.1, 0.15) is 11.5 Å². The van der Waals surface area contributed by atoms with Gasteiger partial charge in [-0.25, -0.2) is 0 Å². The zero-order valence-electron chi connectivity index (χ0n) is 19.1. The molecule has 0 amide bonds. The largest absolute Gasteiger partial charge is 0.508 e. The molecule has 0 radical (unpaired) electrons. The lowest BCUT2D eigenvalue weighted by Gasteiger charge is -2.52. The van der Waals surface area contributed by atoms with Gasteiger partial charge in [-0.2, -0.15) is 0 Å². The van der Waals surface area contributed by atoms with Crippen LogP contribution >= 0.6 is 0 Å². The second kappa shape index (κ2) is 6.87. The predicted molar refractivity (Wildman–Crippen MR) is 124 cm³/mol. The Kier molecular flexibility index (Phi) is 4.57. The Morgan fingerprint density at radius 1 is 0.968 bits per heavy atom. The molecule has 3 heteroatoms. The molecule has 0 aliphatic heterocycles. The quantitative estimate of drug-likeness (QED) is 0.566. The van der Waals surface area contributed by atoms with Gasteiger partial charge in [-0.3, -0.25) is 0 Å². The summed E-state index contributed by atoms with van der Waals surface area (Å²) in [5.41, 5.74) is 5.48. The number of hydrogen-bond donors (Lipinski definition) is 3. The van der Waals surface area contributed by atoms with Gasteiger partial charge in [-0.15, -0.1) is 0 Å². The maximum absolute atomic E-state index is 12.0. The molecular weight excluding hydrogens is 384 g/mol. The number of phenolic OH excluding ortho intramolecular Hbond substituents is 2. The Bertz CT molecular complexity index is 1060. The van der Waals surface area contributed by atoms with E-state index in [0.29, 0.717) is 35.7 Å². The van der Waals surface area contributed by atoms with E-state index in [2.05, 4.69) is 26.0 Å². The molecule has 3 aliphatic rings. The van der Waals surface area contributed by atoms with E-state index < -0.39 is 5.60 Å². The first kappa shape index (κ1) is 20.6. The van der Waals surface area contributed by atoms with Gasteiger partial charge in [0.2, 0.25) is 0 Å². The Morgan fingerprint density at radius 2 is 1.68 bits per heavy atom. The lowest BCUT2D eigenvalue weighted by atomic mass is 9.54. The van der Waals surface area contributed by atoms with E-state index in [-0.39, 0.29) is 5.41 Å². The SMILES string of the molecule is Cc1cc(C[C@]2(O)CC[C@H]3[C@@H]4C=Cc5c(C)ccc(O)c5[C@H]4CC[C@@]32C)cc(C)c1O. The summed E-state index contributed by atoms with van der Waals surface area (Å²) >= 11 is 0. The van der Waals surface area contributed by atoms with Gasteiger partial charge in [0.05, 0.1) is 5.60 Å². The smallest absolute Gasteiger partial charge is 0.121 e. The zero-order chi connectivity index (χ0) is 22.1. The van der Waals surface area contributed by atoms with E-state index in [9.17, 15) is 15.3 Å². The molecule has 5 atom stereocenters. The summed E-state index contributed by atoms with van der Waals surface area (Å²) in [5.74, 6) is 1.87. The first-order chi connectivity index (χ1) is 14.6. The number of hydrogen-bond acceptors (Lipinski definition) is 3. The summed E-state index contributed by atoms with van der Waals surface area (Å²) in [6, 6.07) is 7.90. The summed E-state index contributed by atoms with van der Waals surface area (Å²) in [5, 5.41) is 32.8. The minimum Gasteiger partial charge on any atom is -0.508 e. The van der Waals surface area contributed by atoms with E-state index in [0.717, 1.165) is 47.9 Å². The van der Waals surface area contributed by atoms with Crippen molar-refractivity contribution >= 4 is 6.08 Å². The van der Waals surface area contributed by atoms with Gasteiger partial charge in [-0.05, 0) is 98.1 Å². The highest BCUT2D eigenvalue weighted by molar-refractivity contribution is 5.66. The molecule has 2 saturated carbocycles. The van der Waals surface area contributed by atoms with Crippen molar-refractivity contribution in [2.45, 2.75) is 71.3 Å². The molecule has 0 spiro atoms. The van der Waals surface area contributed by atoms with Crippen molar-refractivity contribution in [3.8, 4) is 11.5 Å². The van der Waals surface area contributed by atoms with E-state index in [1.165, 1.54) is 11.1 Å². The molecule has 2 aromatic carbocycles. The first-order valence-electron chi connectivity index (χ1n) is 11.7. The predicted octanol–water partition coefficient (Wildman–Crippen LogP) is 5.93. The summed E-state index contributed by atoms with van der Waals surface area (Å²) in [6.07, 6.45) is 8.97. The molecule has 3 aliphatic carbocycles. The van der Waals surface area contributed by atoms with Crippen LogP contribution in [0.2, 0.25) is 0 Å². The third kappa shape index (κ3) is 2.89. The van der Waals surface area contributed by atoms with Crippen LogP contribution in [0.3, 0.4) is 0 Å². The highest BCUT2D eigenvalue weighted by Crippen LogP contribution is 2.65. The van der Waals surface area contributed by atoms with Crippen LogP contribution in [0.1, 0.15) is 71.9 Å². The molecule has 0 heterocycles. The Morgan fingerprint density at radius 3 is 2.39 bits per heavy atom. The average molecular weight is 419 g/mol. The van der Waals surface area contributed by atoms with Crippen LogP contribution in [0.25, 0.3) is 6.08 Å². The van der Waals surface area contributed by atoms with Crippen LogP contribution in [0.5, 0.6) is 11.5 Å². The molecule has 0 aromatic heterocycles. The van der Waals surface area contributed by atoms with Crippen molar-refractivity contribution in [3.05, 3.63) is 63.7 Å². The number of aromatic hydroxyl groups is 2. The number of aliphatic hydroxyl groups is 1. The summed E-state index contributed by atoms with van der Waals surface area (Å²) in [4.78, 5) is 0. The molecule has 0 unspecified atom stereocenters. The molecule has 31 heavy (non-hydrogen) atoms. The maximum atomic E-state index is 12.0. The van der Waals surface area contributed by atoms with Crippen LogP contribution in [-0.4, -0.2) is 20.9 Å². The van der Waals surface area contributed by atoms with Crippen molar-refractivity contribution in [1.82, 2.24) is 0 Å². The van der Waals surface area contributed by atoms with E-state index in [4.69, 9.17) is 0 Å². The first-order valence-corrected chi connectivity index (χ1v) is 11.7. The van der Waals surface area contributed by atoms with Gasteiger partial charge in [0.25, 0.3) is 0 Å². The molecular formula is C28H34O3. The minimum absolute atomic E-state index is 0.158. The molecule has 2 fully saturated rings. The lowest BCUT2D eigenvalue weighted by molar-refractivity contribution is -0.0949. The number of rotatable bonds is 2. The van der Waals surface area contributed by atoms with Gasteiger partial charge in [0, 0.05) is 17.4 Å². The van der Waals surface area contributed by atoms with Crippen LogP contribution in [0.4, 0.5) is 0 Å². The Labute approximate surface area is 185 Å². The van der Waals surface area contributed by atoms with Crippen LogP contribution < -0.4 is 0 Å². The maximum Gasteiger partial charge on any atom is 0.121 e. The number of allylic oxidation sites excluding steroid dienone is 1. The molecule has 0 saturated heterocycles. The zero-order valence-corrected chi connectivity index (χ0v) is 19.1. The van der Waals surface area contributed by atoms with Crippen molar-refractivity contribution < 1.29 is 15.3 Å². The monoisotopic (exact) mass is 418 g/mol. The number of phenols is 2. The van der Waals surface area contributed by atoms with Gasteiger partial charge >= 0.3 is 0 Å². The Hall–Kier alpha value is -2.26. The standard InChI is InChI=1S/C28H34O3/c1-16-5-8-24(29)25-20(16)6-7-21-22(25)9-11-27(4)23(21)10-12-28(27,31)15-19-13-17(2)26(30)18(3)14-19/h5-8,13-14,21-23,29-31H,9-12,15H2,1-4H3/t21-,22+,23+,27+,28-/m1/s1. The van der Waals surface area contributed by atoms with Gasteiger partial charge < -0.3 is 15.3 Å². The van der Waals surface area contributed by atoms with Crippen LogP contribution in [-0.2, 0) is 6.42 Å². The van der Waals surface area contributed by atoms with Crippen LogP contribution in [0.15, 0.2) is 30.3 Å². The fraction of sp³-hybridized carbons (Fsp3) is 0.500. The third-order valence-electron chi connectivity index (χ3n) is 9.04. The highest BCUT2D eigenvalue weighted by Gasteiger charge is 2.61. The fourth-order valence-corrected chi connectivity index (χ4v) is 7.24. The topological polar surface area (TPSA) is 60.7 Å². The molecule has 2 aromatic rings. The molecule has 5 rings (SSSR count). The molecule has 3 nitrogen and oxygen atoms in total. The molecule has 3 N–H and O–H groups in total. The van der Waals surface area contributed by atoms with Crippen molar-refractivity contribution in [1.29, 1.82) is 0 Å². The van der Waals surface area contributed by atoms with E-state index >= 15 is 0 Å². The highest BCUT2D eigenvalue weighted by atomic mass is 16.3. The van der Waals surface area contributed by atoms with E-state index in [1.807, 2.05) is 38.1 Å². The average Bonchev–Trinajstić information content (AvgIpc) is 2.99. The summed E-state index contributed by atoms with van der Waals surface area (Å²) < 4.78 is 0. The van der Waals surface area contributed by atoms with Crippen molar-refractivity contribution in [3.63, 3.8) is 0 Å². The lowest BCUT2D eigenvalue weighted by Crippen LogP contribution is -2.51. The number of aryl methyl sites for hydroxylation is 3. The molecule has 0 bridgehead atoms. The summed E-state index contributed by atoms with van der Waals surface area (Å²) in [7, 11) is 0. The van der Waals surface area contributed by atoms with Crippen molar-refractivity contribution in [2.75, 3.05) is 0 Å². The van der Waals surface area contributed by atoms with Crippen LogP contribution in [0, 0.1) is 38.0 Å². The fourth-order valence-electron chi connectivity index (χ4n) is 7.24. The minimum atomic E-state index is -0.749. The van der Waals surface area contributed by atoms with E-state index in [1.54, 1.807) is 0 Å². The van der Waals surface area contributed by atoms with Gasteiger partial charge in [0.15, 0.2) is 0 Å². The second-order valence-corrected chi connectivity index (χ2v) is 10.7. The number of fused-ring (bicyclic) bond motifs is 5. The summed E-state index contributed by atoms with van der Waals surface area (Å²) in [6.45, 7) is 8.27. The normalized spacial score (nSPS) is 33.6. The van der Waals surface area contributed by atoms with Crippen molar-refractivity contribution in [2.24, 2.45) is 17.3 Å².